The van der Waals surface area contributed by atoms with Crippen molar-refractivity contribution < 1.29 is 9.35 Å². The standard InChI is InChI=1S/C12H20N4O3Si/c1-14-12(11(9-13-14)16(17)18)15-7-5-10(6-8-15)19-20(2,3)4/h5,9H,6-8H2,1-4H3. The number of rotatable bonds is 4. The van der Waals surface area contributed by atoms with E-state index in [-0.39, 0.29) is 10.6 Å². The lowest BCUT2D eigenvalue weighted by Gasteiger charge is -2.30. The average molecular weight is 296 g/mol. The first kappa shape index (κ1) is 14.6. The van der Waals surface area contributed by atoms with Crippen LogP contribution in [-0.4, -0.2) is 36.1 Å². The molecule has 0 atom stereocenters. The zero-order valence-corrected chi connectivity index (χ0v) is 13.3. The molecule has 110 valence electrons. The van der Waals surface area contributed by atoms with E-state index in [0.717, 1.165) is 12.2 Å². The minimum Gasteiger partial charge on any atom is -0.547 e. The predicted molar refractivity (Wildman–Crippen MR) is 79.2 cm³/mol. The van der Waals surface area contributed by atoms with Crippen molar-refractivity contribution in [3.8, 4) is 0 Å². The van der Waals surface area contributed by atoms with Gasteiger partial charge in [-0.15, -0.1) is 0 Å². The van der Waals surface area contributed by atoms with Crippen LogP contribution in [-0.2, 0) is 11.5 Å². The Hall–Kier alpha value is -1.83. The van der Waals surface area contributed by atoms with Gasteiger partial charge in [-0.05, 0) is 25.7 Å². The van der Waals surface area contributed by atoms with Crippen LogP contribution in [0.3, 0.4) is 0 Å². The van der Waals surface area contributed by atoms with Crippen molar-refractivity contribution in [2.45, 2.75) is 26.1 Å². The van der Waals surface area contributed by atoms with Gasteiger partial charge in [0.2, 0.25) is 14.1 Å². The molecule has 0 N–H and O–H groups in total. The fourth-order valence-corrected chi connectivity index (χ4v) is 3.22. The van der Waals surface area contributed by atoms with Gasteiger partial charge in [-0.1, -0.05) is 0 Å². The van der Waals surface area contributed by atoms with Gasteiger partial charge in [-0.2, -0.15) is 5.10 Å². The highest BCUT2D eigenvalue weighted by molar-refractivity contribution is 6.70. The fraction of sp³-hybridized carbons (Fsp3) is 0.583. The van der Waals surface area contributed by atoms with Crippen molar-refractivity contribution in [1.82, 2.24) is 9.78 Å². The van der Waals surface area contributed by atoms with Crippen LogP contribution < -0.4 is 4.90 Å². The van der Waals surface area contributed by atoms with Gasteiger partial charge in [-0.25, -0.2) is 4.68 Å². The van der Waals surface area contributed by atoms with Crippen LogP contribution in [0, 0.1) is 10.1 Å². The molecule has 0 amide bonds. The lowest BCUT2D eigenvalue weighted by Crippen LogP contribution is -2.34. The van der Waals surface area contributed by atoms with Gasteiger partial charge in [0.25, 0.3) is 0 Å². The second kappa shape index (κ2) is 5.27. The summed E-state index contributed by atoms with van der Waals surface area (Å²) >= 11 is 0. The van der Waals surface area contributed by atoms with Crippen LogP contribution in [0.5, 0.6) is 0 Å². The molecular weight excluding hydrogens is 276 g/mol. The maximum absolute atomic E-state index is 11.0. The lowest BCUT2D eigenvalue weighted by atomic mass is 10.2. The molecule has 0 unspecified atom stereocenters. The third kappa shape index (κ3) is 3.19. The second-order valence-electron chi connectivity index (χ2n) is 5.82. The summed E-state index contributed by atoms with van der Waals surface area (Å²) in [5.41, 5.74) is 0.0514. The molecule has 20 heavy (non-hydrogen) atoms. The molecule has 1 aliphatic rings. The van der Waals surface area contributed by atoms with Gasteiger partial charge in [0.05, 0.1) is 10.7 Å². The number of aromatic nitrogens is 2. The van der Waals surface area contributed by atoms with Gasteiger partial charge in [0.15, 0.2) is 0 Å². The Labute approximate surface area is 119 Å². The Bertz CT molecular complexity index is 547. The van der Waals surface area contributed by atoms with E-state index in [9.17, 15) is 10.1 Å². The normalized spacial score (nSPS) is 16.0. The highest BCUT2D eigenvalue weighted by atomic mass is 28.4. The van der Waals surface area contributed by atoms with Crippen LogP contribution in [0.1, 0.15) is 6.42 Å². The Morgan fingerprint density at radius 1 is 1.45 bits per heavy atom. The Balaban J connectivity index is 2.15. The summed E-state index contributed by atoms with van der Waals surface area (Å²) < 4.78 is 7.52. The van der Waals surface area contributed by atoms with Crippen molar-refractivity contribution in [3.63, 3.8) is 0 Å². The van der Waals surface area contributed by atoms with E-state index in [1.54, 1.807) is 11.7 Å². The molecule has 0 spiro atoms. The monoisotopic (exact) mass is 296 g/mol. The minimum atomic E-state index is -1.59. The van der Waals surface area contributed by atoms with Gasteiger partial charge in [0.1, 0.15) is 6.20 Å². The smallest absolute Gasteiger partial charge is 0.331 e. The molecule has 0 aliphatic carbocycles. The average Bonchev–Trinajstić information content (AvgIpc) is 2.70. The molecule has 0 radical (unpaired) electrons. The Kier molecular flexibility index (Phi) is 3.84. The van der Waals surface area contributed by atoms with Crippen molar-refractivity contribution in [2.75, 3.05) is 18.0 Å². The maximum atomic E-state index is 11.0. The van der Waals surface area contributed by atoms with E-state index < -0.39 is 8.32 Å². The Morgan fingerprint density at radius 3 is 2.65 bits per heavy atom. The van der Waals surface area contributed by atoms with E-state index in [1.807, 2.05) is 11.0 Å². The van der Waals surface area contributed by atoms with Crippen molar-refractivity contribution >= 4 is 19.8 Å². The first-order chi connectivity index (χ1) is 9.28. The van der Waals surface area contributed by atoms with E-state index >= 15 is 0 Å². The SMILES string of the molecule is Cn1ncc([N+](=O)[O-])c1N1CC=C(O[Si](C)(C)C)CC1. The predicted octanol–water partition coefficient (Wildman–Crippen LogP) is 2.27. The molecule has 2 rings (SSSR count). The molecular formula is C12H20N4O3Si. The summed E-state index contributed by atoms with van der Waals surface area (Å²) in [6.45, 7) is 7.75. The summed E-state index contributed by atoms with van der Waals surface area (Å²) in [5.74, 6) is 1.56. The molecule has 1 aliphatic heterocycles. The van der Waals surface area contributed by atoms with E-state index in [0.29, 0.717) is 18.9 Å². The van der Waals surface area contributed by atoms with Crippen molar-refractivity contribution in [2.24, 2.45) is 7.05 Å². The first-order valence-electron chi connectivity index (χ1n) is 6.57. The third-order valence-electron chi connectivity index (χ3n) is 2.99. The number of aryl methyl sites for hydroxylation is 1. The third-order valence-corrected chi connectivity index (χ3v) is 3.86. The highest BCUT2D eigenvalue weighted by Gasteiger charge is 2.27. The van der Waals surface area contributed by atoms with Gasteiger partial charge in [-0.3, -0.25) is 10.1 Å². The number of anilines is 1. The van der Waals surface area contributed by atoms with Crippen LogP contribution in [0.4, 0.5) is 11.5 Å². The summed E-state index contributed by atoms with van der Waals surface area (Å²) in [6, 6.07) is 0. The van der Waals surface area contributed by atoms with E-state index in [2.05, 4.69) is 24.7 Å². The van der Waals surface area contributed by atoms with Gasteiger partial charge >= 0.3 is 5.69 Å². The molecule has 1 aromatic heterocycles. The molecule has 8 heteroatoms. The molecule has 0 aromatic carbocycles. The summed E-state index contributed by atoms with van der Waals surface area (Å²) in [7, 11) is 0.137. The lowest BCUT2D eigenvalue weighted by molar-refractivity contribution is -0.384. The summed E-state index contributed by atoms with van der Waals surface area (Å²) in [6.07, 6.45) is 4.08. The summed E-state index contributed by atoms with van der Waals surface area (Å²) in [4.78, 5) is 12.6. The summed E-state index contributed by atoms with van der Waals surface area (Å²) in [5, 5.41) is 15.0. The molecule has 7 nitrogen and oxygen atoms in total. The Morgan fingerprint density at radius 2 is 2.15 bits per heavy atom. The van der Waals surface area contributed by atoms with Gasteiger partial charge < -0.3 is 9.33 Å². The molecule has 0 fully saturated rings. The largest absolute Gasteiger partial charge is 0.547 e. The van der Waals surface area contributed by atoms with Crippen molar-refractivity contribution in [3.05, 3.63) is 28.1 Å². The minimum absolute atomic E-state index is 0.0514. The molecule has 2 heterocycles. The molecule has 0 saturated carbocycles. The van der Waals surface area contributed by atoms with Crippen LogP contribution >= 0.6 is 0 Å². The topological polar surface area (TPSA) is 73.4 Å². The number of hydrogen-bond acceptors (Lipinski definition) is 5. The highest BCUT2D eigenvalue weighted by Crippen LogP contribution is 2.29. The fourth-order valence-electron chi connectivity index (χ4n) is 2.24. The second-order valence-corrected chi connectivity index (χ2v) is 10.2. The zero-order valence-electron chi connectivity index (χ0n) is 12.3. The molecule has 1 aromatic rings. The van der Waals surface area contributed by atoms with Crippen LogP contribution in [0.25, 0.3) is 0 Å². The number of hydrogen-bond donors (Lipinski definition) is 0. The van der Waals surface area contributed by atoms with Crippen molar-refractivity contribution in [1.29, 1.82) is 0 Å². The van der Waals surface area contributed by atoms with Gasteiger partial charge in [0, 0.05) is 26.6 Å². The molecule has 0 saturated heterocycles. The van der Waals surface area contributed by atoms with Crippen LogP contribution in [0.2, 0.25) is 19.6 Å². The number of nitrogens with zero attached hydrogens (tertiary/aromatic N) is 4. The van der Waals surface area contributed by atoms with E-state index in [1.165, 1.54) is 6.20 Å². The number of nitro groups is 1. The first-order valence-corrected chi connectivity index (χ1v) is 9.98. The van der Waals surface area contributed by atoms with Crippen LogP contribution in [0.15, 0.2) is 18.0 Å². The zero-order chi connectivity index (χ0) is 14.9. The quantitative estimate of drug-likeness (QED) is 0.484. The van der Waals surface area contributed by atoms with E-state index in [4.69, 9.17) is 4.43 Å². The maximum Gasteiger partial charge on any atom is 0.331 e. The molecule has 0 bridgehead atoms.